The first kappa shape index (κ1) is 25.3. The zero-order valence-electron chi connectivity index (χ0n) is 13.6. The molecule has 15 heteroatoms. The molecule has 1 atom stereocenters. The molecule has 0 amide bonds. The topological polar surface area (TPSA) is 229 Å². The molecule has 0 radical (unpaired) electrons. The average Bonchev–Trinajstić information content (AvgIpc) is 3.01. The number of carboxylic acid groups (broad SMARTS) is 4. The Morgan fingerprint density at radius 3 is 1.52 bits per heavy atom. The number of rotatable bonds is 6. The fourth-order valence-corrected chi connectivity index (χ4v) is 0.847. The van der Waals surface area contributed by atoms with Gasteiger partial charge in [-0.25, -0.2) is 24.0 Å². The van der Waals surface area contributed by atoms with Crippen LogP contribution < -0.4 is 5.82 Å². The van der Waals surface area contributed by atoms with Gasteiger partial charge in [-0.1, -0.05) is 0 Å². The van der Waals surface area contributed by atoms with E-state index in [4.69, 9.17) is 20.4 Å². The summed E-state index contributed by atoms with van der Waals surface area (Å²) in [6.45, 7) is 0.544. The van der Waals surface area contributed by atoms with Crippen molar-refractivity contribution >= 4 is 24.6 Å². The molecule has 1 aromatic heterocycles. The molecular formula is C12H16O15. The van der Waals surface area contributed by atoms with E-state index < -0.39 is 36.5 Å². The summed E-state index contributed by atoms with van der Waals surface area (Å²) in [4.78, 5) is 48.6. The van der Waals surface area contributed by atoms with Crippen molar-refractivity contribution in [2.75, 3.05) is 19.8 Å². The van der Waals surface area contributed by atoms with E-state index in [1.807, 2.05) is 0 Å². The second-order valence-corrected chi connectivity index (χ2v) is 3.76. The third-order valence-corrected chi connectivity index (χ3v) is 1.66. The SMILES string of the molecule is CC(COC(=O)O)OC(=O)O.O=C(O)OCCOC(=O)O.O=c1occo1. The van der Waals surface area contributed by atoms with Gasteiger partial charge in [0.15, 0.2) is 0 Å². The highest BCUT2D eigenvalue weighted by Gasteiger charge is 2.09. The molecule has 154 valence electrons. The highest BCUT2D eigenvalue weighted by molar-refractivity contribution is 5.58. The number of ether oxygens (including phenoxy) is 4. The fraction of sp³-hybridized carbons (Fsp3) is 0.417. The summed E-state index contributed by atoms with van der Waals surface area (Å²) < 4.78 is 24.2. The number of hydrogen-bond donors (Lipinski definition) is 4. The van der Waals surface area contributed by atoms with Gasteiger partial charge in [-0.2, -0.15) is 0 Å². The van der Waals surface area contributed by atoms with Crippen molar-refractivity contribution in [1.29, 1.82) is 0 Å². The van der Waals surface area contributed by atoms with Crippen LogP contribution in [0.3, 0.4) is 0 Å². The molecule has 0 aliphatic rings. The normalized spacial score (nSPS) is 9.81. The van der Waals surface area contributed by atoms with Crippen LogP contribution in [-0.4, -0.2) is 71.0 Å². The maximum atomic E-state index is 9.83. The van der Waals surface area contributed by atoms with Gasteiger partial charge in [0.1, 0.15) is 38.5 Å². The molecule has 0 bridgehead atoms. The van der Waals surface area contributed by atoms with Crippen LogP contribution in [0.2, 0.25) is 0 Å². The highest BCUT2D eigenvalue weighted by atomic mass is 16.7. The second kappa shape index (κ2) is 15.6. The summed E-state index contributed by atoms with van der Waals surface area (Å²) in [6, 6.07) is 0. The Hall–Kier alpha value is -3.91. The summed E-state index contributed by atoms with van der Waals surface area (Å²) in [5.41, 5.74) is 0. The van der Waals surface area contributed by atoms with E-state index in [-0.39, 0.29) is 19.8 Å². The summed E-state index contributed by atoms with van der Waals surface area (Å²) in [5, 5.41) is 31.7. The molecule has 15 nitrogen and oxygen atoms in total. The van der Waals surface area contributed by atoms with Crippen LogP contribution in [0.5, 0.6) is 0 Å². The maximum absolute atomic E-state index is 9.83. The van der Waals surface area contributed by atoms with Gasteiger partial charge in [0.2, 0.25) is 0 Å². The third kappa shape index (κ3) is 24.5. The van der Waals surface area contributed by atoms with Gasteiger partial charge in [0.05, 0.1) is 0 Å². The van der Waals surface area contributed by atoms with Crippen LogP contribution in [0.4, 0.5) is 19.2 Å². The van der Waals surface area contributed by atoms with Crippen LogP contribution in [0.15, 0.2) is 26.2 Å². The molecule has 0 spiro atoms. The molecule has 0 aliphatic heterocycles. The quantitative estimate of drug-likeness (QED) is 0.300. The van der Waals surface area contributed by atoms with Crippen molar-refractivity contribution in [1.82, 2.24) is 0 Å². The maximum Gasteiger partial charge on any atom is 0.518 e. The van der Waals surface area contributed by atoms with Crippen molar-refractivity contribution < 1.29 is 67.4 Å². The molecule has 1 heterocycles. The van der Waals surface area contributed by atoms with Gasteiger partial charge in [0, 0.05) is 0 Å². The first-order chi connectivity index (χ1) is 12.5. The van der Waals surface area contributed by atoms with Gasteiger partial charge in [-0.3, -0.25) is 0 Å². The standard InChI is InChI=1S/C5H8O6.C4H6O6.C3H2O3/c1-3(11-5(8)9)2-10-4(6)7;5-3(6)9-1-2-10-4(7)8;4-3-5-1-2-6-3/h3H,2H2,1H3,(H,6,7)(H,8,9);1-2H2,(H,5,6)(H,7,8);1-2H. The second-order valence-electron chi connectivity index (χ2n) is 3.76. The zero-order chi connectivity index (χ0) is 21.2. The Labute approximate surface area is 149 Å². The van der Waals surface area contributed by atoms with Crippen molar-refractivity contribution in [3.8, 4) is 0 Å². The zero-order valence-corrected chi connectivity index (χ0v) is 13.6. The molecule has 0 saturated heterocycles. The summed E-state index contributed by atoms with van der Waals surface area (Å²) in [7, 11) is 0. The smallest absolute Gasteiger partial charge is 0.450 e. The largest absolute Gasteiger partial charge is 0.518 e. The summed E-state index contributed by atoms with van der Waals surface area (Å²) in [5.74, 6) is -0.657. The summed E-state index contributed by atoms with van der Waals surface area (Å²) >= 11 is 0. The molecule has 1 unspecified atom stereocenters. The first-order valence-electron chi connectivity index (χ1n) is 6.53. The van der Waals surface area contributed by atoms with Crippen molar-refractivity contribution in [3.05, 3.63) is 23.1 Å². The third-order valence-electron chi connectivity index (χ3n) is 1.66. The van der Waals surface area contributed by atoms with Gasteiger partial charge in [0.25, 0.3) is 0 Å². The minimum Gasteiger partial charge on any atom is -0.450 e. The Morgan fingerprint density at radius 2 is 1.26 bits per heavy atom. The Kier molecular flexibility index (Phi) is 14.6. The van der Waals surface area contributed by atoms with Gasteiger partial charge < -0.3 is 48.2 Å². The van der Waals surface area contributed by atoms with E-state index >= 15 is 0 Å². The number of hydrogen-bond acceptors (Lipinski definition) is 11. The van der Waals surface area contributed by atoms with E-state index in [1.54, 1.807) is 0 Å². The fourth-order valence-electron chi connectivity index (χ4n) is 0.847. The minimum absolute atomic E-state index is 0.276. The first-order valence-corrected chi connectivity index (χ1v) is 6.53. The highest BCUT2D eigenvalue weighted by Crippen LogP contribution is 1.92. The molecule has 0 aromatic carbocycles. The molecule has 1 aromatic rings. The lowest BCUT2D eigenvalue weighted by Crippen LogP contribution is -2.20. The Morgan fingerprint density at radius 1 is 0.852 bits per heavy atom. The lowest BCUT2D eigenvalue weighted by Gasteiger charge is -2.08. The predicted octanol–water partition coefficient (Wildman–Crippen LogP) is 1.37. The lowest BCUT2D eigenvalue weighted by atomic mass is 10.4. The number of carbonyl (C=O) groups is 4. The van der Waals surface area contributed by atoms with E-state index in [2.05, 4.69) is 27.8 Å². The van der Waals surface area contributed by atoms with Crippen molar-refractivity contribution in [3.63, 3.8) is 0 Å². The minimum atomic E-state index is -1.45. The van der Waals surface area contributed by atoms with E-state index in [0.29, 0.717) is 0 Å². The van der Waals surface area contributed by atoms with Gasteiger partial charge >= 0.3 is 30.4 Å². The van der Waals surface area contributed by atoms with Crippen LogP contribution in [0, 0.1) is 0 Å². The molecule has 0 aliphatic carbocycles. The van der Waals surface area contributed by atoms with Crippen LogP contribution >= 0.6 is 0 Å². The lowest BCUT2D eigenvalue weighted by molar-refractivity contribution is 0.0122. The van der Waals surface area contributed by atoms with Gasteiger partial charge in [-0.15, -0.1) is 0 Å². The van der Waals surface area contributed by atoms with E-state index in [9.17, 15) is 24.0 Å². The molecular weight excluding hydrogens is 384 g/mol. The molecule has 1 rings (SSSR count). The predicted molar refractivity (Wildman–Crippen MR) is 77.7 cm³/mol. The Bertz CT molecular complexity index is 582. The van der Waals surface area contributed by atoms with Crippen molar-refractivity contribution in [2.24, 2.45) is 0 Å². The van der Waals surface area contributed by atoms with Crippen molar-refractivity contribution in [2.45, 2.75) is 13.0 Å². The van der Waals surface area contributed by atoms with E-state index in [0.717, 1.165) is 0 Å². The van der Waals surface area contributed by atoms with Crippen LogP contribution in [-0.2, 0) is 18.9 Å². The Balaban J connectivity index is 0. The van der Waals surface area contributed by atoms with Gasteiger partial charge in [-0.05, 0) is 6.92 Å². The molecule has 4 N–H and O–H groups in total. The molecule has 27 heavy (non-hydrogen) atoms. The molecule has 0 saturated carbocycles. The van der Waals surface area contributed by atoms with E-state index in [1.165, 1.54) is 19.5 Å². The van der Waals surface area contributed by atoms with Crippen LogP contribution in [0.1, 0.15) is 6.92 Å². The average molecular weight is 400 g/mol. The molecule has 0 fully saturated rings. The monoisotopic (exact) mass is 400 g/mol. The summed E-state index contributed by atoms with van der Waals surface area (Å²) in [6.07, 6.45) is -4.21. The van der Waals surface area contributed by atoms with Crippen LogP contribution in [0.25, 0.3) is 0 Å².